The summed E-state index contributed by atoms with van der Waals surface area (Å²) >= 11 is 5.87. The first-order valence-corrected chi connectivity index (χ1v) is 11.2. The van der Waals surface area contributed by atoms with Gasteiger partial charge in [-0.1, -0.05) is 17.7 Å². The first kappa shape index (κ1) is 21.7. The Kier molecular flexibility index (Phi) is 5.53. The van der Waals surface area contributed by atoms with Gasteiger partial charge in [0, 0.05) is 35.3 Å². The lowest BCUT2D eigenvalue weighted by Crippen LogP contribution is -2.23. The number of rotatable bonds is 4. The van der Waals surface area contributed by atoms with Crippen LogP contribution >= 0.6 is 11.6 Å². The number of ether oxygens (including phenoxy) is 1. The molecule has 0 atom stereocenters. The average molecular weight is 471 g/mol. The zero-order valence-corrected chi connectivity index (χ0v) is 17.9. The van der Waals surface area contributed by atoms with Crippen LogP contribution < -0.4 is 4.74 Å². The summed E-state index contributed by atoms with van der Waals surface area (Å²) in [4.78, 5) is 2.11. The molecule has 0 N–H and O–H groups in total. The van der Waals surface area contributed by atoms with Gasteiger partial charge in [0.25, 0.3) is 10.0 Å². The van der Waals surface area contributed by atoms with Crippen LogP contribution in [0.5, 0.6) is 5.75 Å². The molecule has 1 aliphatic heterocycles. The number of fused-ring (bicyclic) bond motifs is 1. The second-order valence-electron chi connectivity index (χ2n) is 7.27. The van der Waals surface area contributed by atoms with Crippen LogP contribution in [0.25, 0.3) is 16.5 Å². The number of benzene rings is 2. The van der Waals surface area contributed by atoms with Crippen molar-refractivity contribution in [3.8, 4) is 5.75 Å². The van der Waals surface area contributed by atoms with Gasteiger partial charge in [0.1, 0.15) is 5.75 Å². The van der Waals surface area contributed by atoms with Gasteiger partial charge in [-0.05, 0) is 61.5 Å². The molecule has 0 fully saturated rings. The van der Waals surface area contributed by atoms with E-state index in [1.54, 1.807) is 0 Å². The van der Waals surface area contributed by atoms with Crippen LogP contribution in [0, 0.1) is 0 Å². The Labute approximate surface area is 182 Å². The zero-order valence-electron chi connectivity index (χ0n) is 16.4. The standard InChI is InChI=1S/C21H18ClF3N2O3S/c1-26-10-8-14(9-11-26)19-13-27(31(28,29)17-5-2-15(22)3-6-17)20-7-4-16(12-18(19)20)30-21(23,24)25/h2-8,12-13H,9-11H2,1H3. The van der Waals surface area contributed by atoms with E-state index in [0.29, 0.717) is 28.9 Å². The third kappa shape index (κ3) is 4.44. The molecule has 1 aliphatic rings. The van der Waals surface area contributed by atoms with Crippen molar-refractivity contribution in [2.24, 2.45) is 0 Å². The zero-order chi connectivity index (χ0) is 22.4. The van der Waals surface area contributed by atoms with Crippen molar-refractivity contribution in [3.63, 3.8) is 0 Å². The highest BCUT2D eigenvalue weighted by molar-refractivity contribution is 7.90. The molecule has 0 amide bonds. The van der Waals surface area contributed by atoms with Crippen molar-refractivity contribution in [2.45, 2.75) is 17.7 Å². The van der Waals surface area contributed by atoms with Gasteiger partial charge < -0.3 is 9.64 Å². The molecule has 2 heterocycles. The smallest absolute Gasteiger partial charge is 0.406 e. The van der Waals surface area contributed by atoms with E-state index >= 15 is 0 Å². The van der Waals surface area contributed by atoms with Crippen LogP contribution in [0.4, 0.5) is 13.2 Å². The normalized spacial score (nSPS) is 15.8. The van der Waals surface area contributed by atoms with E-state index in [2.05, 4.69) is 9.64 Å². The highest BCUT2D eigenvalue weighted by atomic mass is 35.5. The van der Waals surface area contributed by atoms with Crippen molar-refractivity contribution >= 4 is 38.1 Å². The Bertz CT molecular complexity index is 1270. The first-order valence-electron chi connectivity index (χ1n) is 9.34. The molecular formula is C21H18ClF3N2O3S. The number of hydrogen-bond acceptors (Lipinski definition) is 4. The number of likely N-dealkylation sites (N-methyl/N-ethyl adjacent to an activating group) is 1. The highest BCUT2D eigenvalue weighted by Crippen LogP contribution is 2.36. The van der Waals surface area contributed by atoms with Crippen LogP contribution in [0.1, 0.15) is 12.0 Å². The predicted molar refractivity (Wildman–Crippen MR) is 113 cm³/mol. The van der Waals surface area contributed by atoms with Gasteiger partial charge in [0.2, 0.25) is 0 Å². The Morgan fingerprint density at radius 2 is 1.81 bits per heavy atom. The Morgan fingerprint density at radius 1 is 1.10 bits per heavy atom. The summed E-state index contributed by atoms with van der Waals surface area (Å²) in [5, 5.41) is 0.762. The minimum atomic E-state index is -4.85. The van der Waals surface area contributed by atoms with Crippen molar-refractivity contribution < 1.29 is 26.3 Å². The molecule has 0 radical (unpaired) electrons. The van der Waals surface area contributed by atoms with Gasteiger partial charge in [-0.25, -0.2) is 12.4 Å². The first-order chi connectivity index (χ1) is 14.5. The second-order valence-corrected chi connectivity index (χ2v) is 9.52. The lowest BCUT2D eigenvalue weighted by atomic mass is 9.99. The number of aromatic nitrogens is 1. The Balaban J connectivity index is 1.91. The van der Waals surface area contributed by atoms with Crippen LogP contribution in [-0.2, 0) is 10.0 Å². The number of nitrogens with zero attached hydrogens (tertiary/aromatic N) is 2. The van der Waals surface area contributed by atoms with Crippen LogP contribution in [0.15, 0.2) is 59.6 Å². The van der Waals surface area contributed by atoms with E-state index in [1.165, 1.54) is 42.6 Å². The molecule has 1 aromatic heterocycles. The number of halogens is 4. The molecule has 0 saturated heterocycles. The highest BCUT2D eigenvalue weighted by Gasteiger charge is 2.32. The maximum atomic E-state index is 13.3. The van der Waals surface area contributed by atoms with Crippen LogP contribution in [0.2, 0.25) is 5.02 Å². The maximum absolute atomic E-state index is 13.3. The second kappa shape index (κ2) is 7.89. The summed E-state index contributed by atoms with van der Waals surface area (Å²) in [6, 6.07) is 9.37. The largest absolute Gasteiger partial charge is 0.573 e. The monoisotopic (exact) mass is 470 g/mol. The molecular weight excluding hydrogens is 453 g/mol. The molecule has 0 unspecified atom stereocenters. The predicted octanol–water partition coefficient (Wildman–Crippen LogP) is 5.15. The molecule has 0 bridgehead atoms. The van der Waals surface area contributed by atoms with Gasteiger partial charge in [0.05, 0.1) is 10.4 Å². The van der Waals surface area contributed by atoms with Gasteiger partial charge in [-0.15, -0.1) is 13.2 Å². The molecule has 31 heavy (non-hydrogen) atoms. The third-order valence-electron chi connectivity index (χ3n) is 5.10. The quantitative estimate of drug-likeness (QED) is 0.529. The topological polar surface area (TPSA) is 51.5 Å². The fraction of sp³-hybridized carbons (Fsp3) is 0.238. The van der Waals surface area contributed by atoms with E-state index in [9.17, 15) is 21.6 Å². The average Bonchev–Trinajstić information content (AvgIpc) is 3.07. The lowest BCUT2D eigenvalue weighted by molar-refractivity contribution is -0.274. The SMILES string of the molecule is CN1CC=C(c2cn(S(=O)(=O)c3ccc(Cl)cc3)c3ccc(OC(F)(F)F)cc23)CC1. The van der Waals surface area contributed by atoms with Gasteiger partial charge in [-0.2, -0.15) is 0 Å². The molecule has 10 heteroatoms. The molecule has 4 rings (SSSR count). The van der Waals surface area contributed by atoms with Crippen molar-refractivity contribution in [1.29, 1.82) is 0 Å². The van der Waals surface area contributed by atoms with Gasteiger partial charge >= 0.3 is 6.36 Å². The van der Waals surface area contributed by atoms with Gasteiger partial charge in [-0.3, -0.25) is 0 Å². The summed E-state index contributed by atoms with van der Waals surface area (Å²) in [5.74, 6) is -0.406. The molecule has 0 aliphatic carbocycles. The fourth-order valence-electron chi connectivity index (χ4n) is 3.57. The number of alkyl halides is 3. The maximum Gasteiger partial charge on any atom is 0.573 e. The molecule has 3 aromatic rings. The Morgan fingerprint density at radius 3 is 2.42 bits per heavy atom. The summed E-state index contributed by atoms with van der Waals surface area (Å²) in [7, 11) is -2.05. The molecule has 0 spiro atoms. The van der Waals surface area contributed by atoms with Crippen molar-refractivity contribution in [2.75, 3.05) is 20.1 Å². The molecule has 0 saturated carbocycles. The van der Waals surface area contributed by atoms with Crippen LogP contribution in [0.3, 0.4) is 0 Å². The lowest BCUT2D eigenvalue weighted by Gasteiger charge is -2.21. The summed E-state index contributed by atoms with van der Waals surface area (Å²) < 4.78 is 70.0. The van der Waals surface area contributed by atoms with Crippen LogP contribution in [-0.4, -0.2) is 43.8 Å². The number of hydrogen-bond donors (Lipinski definition) is 0. The fourth-order valence-corrected chi connectivity index (χ4v) is 5.06. The summed E-state index contributed by atoms with van der Waals surface area (Å²) in [6.07, 6.45) is -0.794. The molecule has 5 nitrogen and oxygen atoms in total. The third-order valence-corrected chi connectivity index (χ3v) is 7.04. The summed E-state index contributed by atoms with van der Waals surface area (Å²) in [5.41, 5.74) is 1.70. The van der Waals surface area contributed by atoms with E-state index in [4.69, 9.17) is 11.6 Å². The van der Waals surface area contributed by atoms with Gasteiger partial charge in [0.15, 0.2) is 0 Å². The van der Waals surface area contributed by atoms with E-state index in [0.717, 1.165) is 22.2 Å². The molecule has 164 valence electrons. The van der Waals surface area contributed by atoms with Crippen molar-refractivity contribution in [1.82, 2.24) is 8.87 Å². The molecule has 2 aromatic carbocycles. The minimum absolute atomic E-state index is 0.0216. The van der Waals surface area contributed by atoms with E-state index in [1.807, 2.05) is 13.1 Å². The van der Waals surface area contributed by atoms with E-state index in [-0.39, 0.29) is 10.4 Å². The van der Waals surface area contributed by atoms with Crippen molar-refractivity contribution in [3.05, 3.63) is 65.3 Å². The Hall–Kier alpha value is -2.49. The summed E-state index contributed by atoms with van der Waals surface area (Å²) in [6.45, 7) is 1.41. The minimum Gasteiger partial charge on any atom is -0.406 e. The van der Waals surface area contributed by atoms with E-state index < -0.39 is 22.1 Å².